The second-order valence-electron chi connectivity index (χ2n) is 4.66. The van der Waals surface area contributed by atoms with E-state index in [0.717, 1.165) is 0 Å². The van der Waals surface area contributed by atoms with Gasteiger partial charge in [0, 0.05) is 10.9 Å². The summed E-state index contributed by atoms with van der Waals surface area (Å²) in [6, 6.07) is 5.71. The van der Waals surface area contributed by atoms with Crippen LogP contribution in [0.3, 0.4) is 0 Å². The predicted molar refractivity (Wildman–Crippen MR) is 70.6 cm³/mol. The fourth-order valence-electron chi connectivity index (χ4n) is 2.07. The maximum atomic E-state index is 14.0. The van der Waals surface area contributed by atoms with E-state index in [4.69, 9.17) is 0 Å². The van der Waals surface area contributed by atoms with Crippen molar-refractivity contribution in [1.29, 1.82) is 0 Å². The molecule has 1 N–H and O–H groups in total. The molecule has 1 aliphatic rings. The third kappa shape index (κ3) is 3.06. The van der Waals surface area contributed by atoms with Crippen molar-refractivity contribution in [3.8, 4) is 0 Å². The van der Waals surface area contributed by atoms with Gasteiger partial charge in [0.1, 0.15) is 17.6 Å². The van der Waals surface area contributed by atoms with Crippen molar-refractivity contribution >= 4 is 15.9 Å². The first-order chi connectivity index (χ1) is 8.37. The number of aliphatic hydroxyl groups excluding tert-OH is 1. The van der Waals surface area contributed by atoms with Crippen molar-refractivity contribution in [3.63, 3.8) is 0 Å². The molecular weight excluding hydrogens is 302 g/mol. The van der Waals surface area contributed by atoms with E-state index in [1.807, 2.05) is 0 Å². The molecule has 4 heteroatoms. The van der Waals surface area contributed by atoms with Gasteiger partial charge >= 0.3 is 0 Å². The summed E-state index contributed by atoms with van der Waals surface area (Å²) < 4.78 is 27.7. The number of hydrogen-bond acceptors (Lipinski definition) is 1. The van der Waals surface area contributed by atoms with Gasteiger partial charge in [-0.1, -0.05) is 28.1 Å². The Hall–Kier alpha value is -1.00. The molecule has 1 nitrogen and oxygen atoms in total. The molecule has 96 valence electrons. The molecule has 0 fully saturated rings. The van der Waals surface area contributed by atoms with Crippen LogP contribution in [0.25, 0.3) is 0 Å². The van der Waals surface area contributed by atoms with Gasteiger partial charge in [0.25, 0.3) is 0 Å². The lowest BCUT2D eigenvalue weighted by atomic mass is 9.88. The zero-order valence-corrected chi connectivity index (χ0v) is 11.4. The Labute approximate surface area is 113 Å². The normalized spacial score (nSPS) is 25.4. The Morgan fingerprint density at radius 1 is 1.44 bits per heavy atom. The van der Waals surface area contributed by atoms with Crippen molar-refractivity contribution in [2.75, 3.05) is 0 Å². The number of benzene rings is 1. The Bertz CT molecular complexity index is 520. The van der Waals surface area contributed by atoms with Crippen LogP contribution >= 0.6 is 15.9 Å². The van der Waals surface area contributed by atoms with E-state index in [2.05, 4.69) is 15.9 Å². The van der Waals surface area contributed by atoms with Gasteiger partial charge in [-0.05, 0) is 42.3 Å². The molecule has 0 aromatic heterocycles. The highest BCUT2D eigenvalue weighted by atomic mass is 79.9. The van der Waals surface area contributed by atoms with Gasteiger partial charge < -0.3 is 5.11 Å². The molecule has 2 atom stereocenters. The zero-order chi connectivity index (χ0) is 13.3. The van der Waals surface area contributed by atoms with Crippen LogP contribution in [0, 0.1) is 5.82 Å². The molecule has 1 aliphatic carbocycles. The van der Waals surface area contributed by atoms with E-state index in [1.165, 1.54) is 31.2 Å². The third-order valence-electron chi connectivity index (χ3n) is 2.83. The molecule has 0 spiro atoms. The lowest BCUT2D eigenvalue weighted by molar-refractivity contribution is 0.183. The zero-order valence-electron chi connectivity index (χ0n) is 9.83. The van der Waals surface area contributed by atoms with Crippen LogP contribution in [-0.2, 0) is 0 Å². The third-order valence-corrected chi connectivity index (χ3v) is 3.29. The number of alkyl halides is 1. The Morgan fingerprint density at radius 3 is 2.78 bits per heavy atom. The van der Waals surface area contributed by atoms with E-state index in [0.29, 0.717) is 15.6 Å². The SMILES string of the molecule is CC1(F)C=C(Br)C=C(C(O)c2cccc(F)c2)C1. The van der Waals surface area contributed by atoms with Gasteiger partial charge in [-0.3, -0.25) is 0 Å². The number of hydrogen-bond donors (Lipinski definition) is 1. The highest BCUT2D eigenvalue weighted by molar-refractivity contribution is 9.11. The smallest absolute Gasteiger partial charge is 0.131 e. The summed E-state index contributed by atoms with van der Waals surface area (Å²) >= 11 is 3.22. The molecule has 2 rings (SSSR count). The molecule has 1 aromatic carbocycles. The second kappa shape index (κ2) is 4.94. The Kier molecular flexibility index (Phi) is 3.69. The highest BCUT2D eigenvalue weighted by Crippen LogP contribution is 2.37. The van der Waals surface area contributed by atoms with Gasteiger partial charge in [-0.15, -0.1) is 0 Å². The molecule has 0 heterocycles. The quantitative estimate of drug-likeness (QED) is 0.867. The first-order valence-corrected chi connectivity index (χ1v) is 6.38. The minimum absolute atomic E-state index is 0.0970. The number of halogens is 3. The van der Waals surface area contributed by atoms with Crippen molar-refractivity contribution in [2.24, 2.45) is 0 Å². The van der Waals surface area contributed by atoms with Gasteiger partial charge in [0.05, 0.1) is 0 Å². The molecule has 0 bridgehead atoms. The van der Waals surface area contributed by atoms with Crippen LogP contribution < -0.4 is 0 Å². The molecule has 0 radical (unpaired) electrons. The first kappa shape index (κ1) is 13.4. The van der Waals surface area contributed by atoms with E-state index in [1.54, 1.807) is 12.1 Å². The van der Waals surface area contributed by atoms with Gasteiger partial charge in [-0.2, -0.15) is 0 Å². The second-order valence-corrected chi connectivity index (χ2v) is 5.58. The van der Waals surface area contributed by atoms with Crippen LogP contribution in [0.15, 0.2) is 46.5 Å². The van der Waals surface area contributed by atoms with Crippen molar-refractivity contribution in [2.45, 2.75) is 25.1 Å². The molecule has 18 heavy (non-hydrogen) atoms. The number of rotatable bonds is 2. The fourth-order valence-corrected chi connectivity index (χ4v) is 2.85. The maximum absolute atomic E-state index is 14.0. The number of allylic oxidation sites excluding steroid dienone is 3. The minimum atomic E-state index is -1.50. The highest BCUT2D eigenvalue weighted by Gasteiger charge is 2.29. The van der Waals surface area contributed by atoms with Crippen LogP contribution in [0.2, 0.25) is 0 Å². The molecule has 0 saturated heterocycles. The fraction of sp³-hybridized carbons (Fsp3) is 0.286. The summed E-state index contributed by atoms with van der Waals surface area (Å²) in [6.45, 7) is 1.44. The summed E-state index contributed by atoms with van der Waals surface area (Å²) in [5.41, 5.74) is -0.545. The van der Waals surface area contributed by atoms with E-state index < -0.39 is 17.6 Å². The summed E-state index contributed by atoms with van der Waals surface area (Å²) in [5, 5.41) is 10.2. The summed E-state index contributed by atoms with van der Waals surface area (Å²) in [4.78, 5) is 0. The first-order valence-electron chi connectivity index (χ1n) is 5.59. The molecule has 0 saturated carbocycles. The molecule has 0 aliphatic heterocycles. The topological polar surface area (TPSA) is 20.2 Å². The Morgan fingerprint density at radius 2 is 2.17 bits per heavy atom. The van der Waals surface area contributed by atoms with Gasteiger partial charge in [-0.25, -0.2) is 8.78 Å². The van der Waals surface area contributed by atoms with Gasteiger partial charge in [0.2, 0.25) is 0 Å². The van der Waals surface area contributed by atoms with E-state index >= 15 is 0 Å². The summed E-state index contributed by atoms with van der Waals surface area (Å²) in [7, 11) is 0. The standard InChI is InChI=1S/C14H13BrF2O/c1-14(17)7-10(5-11(15)8-14)13(18)9-3-2-4-12(16)6-9/h2-6,8,13,18H,7H2,1H3. The van der Waals surface area contributed by atoms with Crippen molar-refractivity contribution in [3.05, 3.63) is 57.9 Å². The monoisotopic (exact) mass is 314 g/mol. The van der Waals surface area contributed by atoms with Crippen molar-refractivity contribution < 1.29 is 13.9 Å². The number of aliphatic hydroxyl groups is 1. The maximum Gasteiger partial charge on any atom is 0.131 e. The molecule has 0 amide bonds. The van der Waals surface area contributed by atoms with Crippen LogP contribution in [-0.4, -0.2) is 10.8 Å². The van der Waals surface area contributed by atoms with E-state index in [-0.39, 0.29) is 6.42 Å². The summed E-state index contributed by atoms with van der Waals surface area (Å²) in [5.74, 6) is -0.416. The van der Waals surface area contributed by atoms with Crippen LogP contribution in [0.5, 0.6) is 0 Å². The van der Waals surface area contributed by atoms with E-state index in [9.17, 15) is 13.9 Å². The largest absolute Gasteiger partial charge is 0.384 e. The molecular formula is C14H13BrF2O. The molecule has 2 unspecified atom stereocenters. The van der Waals surface area contributed by atoms with Crippen LogP contribution in [0.1, 0.15) is 25.0 Å². The van der Waals surface area contributed by atoms with Crippen LogP contribution in [0.4, 0.5) is 8.78 Å². The minimum Gasteiger partial charge on any atom is -0.384 e. The van der Waals surface area contributed by atoms with Crippen molar-refractivity contribution in [1.82, 2.24) is 0 Å². The average Bonchev–Trinajstić information content (AvgIpc) is 2.25. The lowest BCUT2D eigenvalue weighted by Gasteiger charge is -2.26. The average molecular weight is 315 g/mol. The summed E-state index contributed by atoms with van der Waals surface area (Å²) in [6.07, 6.45) is 2.24. The Balaban J connectivity index is 2.30. The predicted octanol–water partition coefficient (Wildman–Crippen LogP) is 4.20. The molecule has 1 aromatic rings. The van der Waals surface area contributed by atoms with Gasteiger partial charge in [0.15, 0.2) is 0 Å². The lowest BCUT2D eigenvalue weighted by Crippen LogP contribution is -2.21.